The van der Waals surface area contributed by atoms with Crippen LogP contribution in [0.4, 0.5) is 0 Å². The van der Waals surface area contributed by atoms with Crippen LogP contribution in [0, 0.1) is 0 Å². The Hall–Kier alpha value is -0.920. The minimum Gasteiger partial charge on any atom is -0.490 e. The van der Waals surface area contributed by atoms with Gasteiger partial charge in [-0.3, -0.25) is 4.90 Å². The van der Waals surface area contributed by atoms with E-state index in [0.29, 0.717) is 19.3 Å². The van der Waals surface area contributed by atoms with Gasteiger partial charge in [-0.2, -0.15) is 0 Å². The van der Waals surface area contributed by atoms with Gasteiger partial charge in [0, 0.05) is 33.6 Å². The second kappa shape index (κ2) is 9.26. The first-order valence-corrected chi connectivity index (χ1v) is 11.4. The molecule has 0 aliphatic carbocycles. The number of benzene rings is 2. The number of para-hydroxylation sites is 1. The fourth-order valence-corrected chi connectivity index (χ4v) is 5.64. The molecule has 6 heteroatoms. The molecule has 28 heavy (non-hydrogen) atoms. The van der Waals surface area contributed by atoms with Crippen molar-refractivity contribution in [3.8, 4) is 5.75 Å². The molecule has 4 nitrogen and oxygen atoms in total. The topological polar surface area (TPSA) is 33.7 Å². The molecule has 2 aliphatic heterocycles. The number of likely N-dealkylation sites (tertiary alicyclic amines) is 1. The zero-order chi connectivity index (χ0) is 19.5. The standard InChI is InChI=1S/C22H26Br2N2O2/c1-25-18-6-8-26(9-7-18)22-19-4-2-3-5-20(19)28-14-21(22)27-13-15-10-16(23)12-17(24)11-15/h2-5,10-12,18,21-22,25H,6-9,13-14H2,1H3/t21-,22-/m0/s1. The second-order valence-corrected chi connectivity index (χ2v) is 9.35. The van der Waals surface area contributed by atoms with E-state index in [1.54, 1.807) is 0 Å². The lowest BCUT2D eigenvalue weighted by molar-refractivity contribution is -0.0645. The van der Waals surface area contributed by atoms with E-state index < -0.39 is 0 Å². The zero-order valence-electron chi connectivity index (χ0n) is 16.0. The van der Waals surface area contributed by atoms with Crippen LogP contribution in [0.25, 0.3) is 0 Å². The van der Waals surface area contributed by atoms with E-state index in [-0.39, 0.29) is 12.1 Å². The van der Waals surface area contributed by atoms with Crippen molar-refractivity contribution in [3.63, 3.8) is 0 Å². The average molecular weight is 510 g/mol. The Kier molecular flexibility index (Phi) is 6.74. The maximum atomic E-state index is 6.43. The van der Waals surface area contributed by atoms with Crippen molar-refractivity contribution in [2.24, 2.45) is 0 Å². The van der Waals surface area contributed by atoms with Gasteiger partial charge in [0.15, 0.2) is 0 Å². The lowest BCUT2D eigenvalue weighted by atomic mass is 9.93. The SMILES string of the molecule is CNC1CCN([C@H]2c3ccccc3OC[C@@H]2OCc2cc(Br)cc(Br)c2)CC1. The highest BCUT2D eigenvalue weighted by Gasteiger charge is 2.37. The van der Waals surface area contributed by atoms with Gasteiger partial charge >= 0.3 is 0 Å². The van der Waals surface area contributed by atoms with E-state index in [4.69, 9.17) is 9.47 Å². The van der Waals surface area contributed by atoms with Gasteiger partial charge in [-0.15, -0.1) is 0 Å². The van der Waals surface area contributed by atoms with E-state index in [1.807, 2.05) is 12.1 Å². The molecule has 0 saturated carbocycles. The molecule has 4 rings (SSSR count). The Morgan fingerprint density at radius 3 is 2.54 bits per heavy atom. The number of fused-ring (bicyclic) bond motifs is 1. The molecule has 0 bridgehead atoms. The summed E-state index contributed by atoms with van der Waals surface area (Å²) in [5.41, 5.74) is 2.39. The molecule has 1 fully saturated rings. The highest BCUT2D eigenvalue weighted by molar-refractivity contribution is 9.11. The molecule has 2 aliphatic rings. The van der Waals surface area contributed by atoms with Crippen LogP contribution in [0.5, 0.6) is 5.75 Å². The van der Waals surface area contributed by atoms with Crippen molar-refractivity contribution in [1.29, 1.82) is 0 Å². The van der Waals surface area contributed by atoms with Gasteiger partial charge in [-0.25, -0.2) is 0 Å². The number of ether oxygens (including phenoxy) is 2. The lowest BCUT2D eigenvalue weighted by Crippen LogP contribution is -2.49. The molecule has 1 saturated heterocycles. The number of piperidine rings is 1. The van der Waals surface area contributed by atoms with E-state index in [9.17, 15) is 0 Å². The number of nitrogens with one attached hydrogen (secondary N) is 1. The van der Waals surface area contributed by atoms with Crippen LogP contribution < -0.4 is 10.1 Å². The van der Waals surface area contributed by atoms with Gasteiger partial charge in [0.05, 0.1) is 12.6 Å². The summed E-state index contributed by atoms with van der Waals surface area (Å²) in [5, 5.41) is 3.42. The molecule has 0 unspecified atom stereocenters. The van der Waals surface area contributed by atoms with Crippen LogP contribution in [-0.4, -0.2) is 43.8 Å². The normalized spacial score (nSPS) is 23.2. The van der Waals surface area contributed by atoms with Crippen molar-refractivity contribution in [1.82, 2.24) is 10.2 Å². The largest absolute Gasteiger partial charge is 0.490 e. The monoisotopic (exact) mass is 508 g/mol. The van der Waals surface area contributed by atoms with Gasteiger partial charge in [-0.1, -0.05) is 50.1 Å². The fourth-order valence-electron chi connectivity index (χ4n) is 4.25. The number of nitrogens with zero attached hydrogens (tertiary/aromatic N) is 1. The molecule has 0 amide bonds. The lowest BCUT2D eigenvalue weighted by Gasteiger charge is -2.43. The van der Waals surface area contributed by atoms with Crippen LogP contribution in [0.2, 0.25) is 0 Å². The molecule has 2 heterocycles. The van der Waals surface area contributed by atoms with Gasteiger partial charge < -0.3 is 14.8 Å². The average Bonchev–Trinajstić information content (AvgIpc) is 2.71. The molecule has 1 N–H and O–H groups in total. The Morgan fingerprint density at radius 1 is 1.11 bits per heavy atom. The van der Waals surface area contributed by atoms with Crippen LogP contribution in [-0.2, 0) is 11.3 Å². The molecule has 0 radical (unpaired) electrons. The summed E-state index contributed by atoms with van der Waals surface area (Å²) in [6.45, 7) is 3.31. The highest BCUT2D eigenvalue weighted by atomic mass is 79.9. The van der Waals surface area contributed by atoms with Gasteiger partial charge in [0.1, 0.15) is 18.5 Å². The predicted octanol–water partition coefficient (Wildman–Crippen LogP) is 4.91. The third-order valence-electron chi connectivity index (χ3n) is 5.71. The van der Waals surface area contributed by atoms with Crippen LogP contribution in [0.15, 0.2) is 51.4 Å². The third kappa shape index (κ3) is 4.62. The summed E-state index contributed by atoms with van der Waals surface area (Å²) in [7, 11) is 2.06. The minimum absolute atomic E-state index is 0.0128. The first kappa shape index (κ1) is 20.4. The summed E-state index contributed by atoms with van der Waals surface area (Å²) in [6.07, 6.45) is 2.35. The Morgan fingerprint density at radius 2 is 1.82 bits per heavy atom. The van der Waals surface area contributed by atoms with Crippen LogP contribution >= 0.6 is 31.9 Å². The minimum atomic E-state index is 0.0128. The van der Waals surface area contributed by atoms with Gasteiger partial charge in [0.25, 0.3) is 0 Å². The number of hydrogen-bond acceptors (Lipinski definition) is 4. The summed E-state index contributed by atoms with van der Waals surface area (Å²) in [5.74, 6) is 0.994. The summed E-state index contributed by atoms with van der Waals surface area (Å²) in [6, 6.07) is 15.5. The number of hydrogen-bond donors (Lipinski definition) is 1. The van der Waals surface area contributed by atoms with Crippen molar-refractivity contribution >= 4 is 31.9 Å². The summed E-state index contributed by atoms with van der Waals surface area (Å²) in [4.78, 5) is 2.58. The highest BCUT2D eigenvalue weighted by Crippen LogP contribution is 2.39. The van der Waals surface area contributed by atoms with Crippen LogP contribution in [0.1, 0.15) is 30.0 Å². The molecular weight excluding hydrogens is 484 g/mol. The third-order valence-corrected chi connectivity index (χ3v) is 6.63. The predicted molar refractivity (Wildman–Crippen MR) is 119 cm³/mol. The molecular formula is C22H26Br2N2O2. The number of rotatable bonds is 5. The maximum Gasteiger partial charge on any atom is 0.124 e. The Labute approximate surface area is 183 Å². The molecule has 2 atom stereocenters. The maximum absolute atomic E-state index is 6.43. The molecule has 0 aromatic heterocycles. The Balaban J connectivity index is 1.53. The van der Waals surface area contributed by atoms with Crippen molar-refractivity contribution in [2.75, 3.05) is 26.7 Å². The van der Waals surface area contributed by atoms with E-state index in [2.05, 4.69) is 79.5 Å². The van der Waals surface area contributed by atoms with Gasteiger partial charge in [-0.05, 0) is 49.7 Å². The smallest absolute Gasteiger partial charge is 0.124 e. The van der Waals surface area contributed by atoms with Crippen molar-refractivity contribution in [3.05, 3.63) is 62.5 Å². The second-order valence-electron chi connectivity index (χ2n) is 7.52. The van der Waals surface area contributed by atoms with Crippen molar-refractivity contribution in [2.45, 2.75) is 37.6 Å². The van der Waals surface area contributed by atoms with E-state index >= 15 is 0 Å². The fraction of sp³-hybridized carbons (Fsp3) is 0.455. The van der Waals surface area contributed by atoms with Gasteiger partial charge in [0.2, 0.25) is 0 Å². The first-order valence-electron chi connectivity index (χ1n) is 9.83. The molecule has 150 valence electrons. The van der Waals surface area contributed by atoms with Crippen LogP contribution in [0.3, 0.4) is 0 Å². The Bertz CT molecular complexity index is 789. The summed E-state index contributed by atoms with van der Waals surface area (Å²) < 4.78 is 14.6. The molecule has 0 spiro atoms. The zero-order valence-corrected chi connectivity index (χ0v) is 19.2. The first-order chi connectivity index (χ1) is 13.6. The molecule has 2 aromatic carbocycles. The van der Waals surface area contributed by atoms with Crippen molar-refractivity contribution < 1.29 is 9.47 Å². The van der Waals surface area contributed by atoms with E-state index in [1.165, 1.54) is 18.4 Å². The quantitative estimate of drug-likeness (QED) is 0.620. The van der Waals surface area contributed by atoms with E-state index in [0.717, 1.165) is 33.3 Å². The number of halogens is 2. The molecule has 2 aromatic rings. The summed E-state index contributed by atoms with van der Waals surface area (Å²) >= 11 is 7.13.